The number of nitrogens with zero attached hydrogens (tertiary/aromatic N) is 3. The number of rotatable bonds is 2. The quantitative estimate of drug-likeness (QED) is 0.566. The Hall–Kier alpha value is -1.95. The summed E-state index contributed by atoms with van der Waals surface area (Å²) in [7, 11) is 0. The SMILES string of the molecule is N#C[C@H]1[C@H](O)[C@H](CO)O[C@H]1n1ccc(N)nc1=O. The molecule has 1 aliphatic rings. The van der Waals surface area contributed by atoms with Gasteiger partial charge in [0.2, 0.25) is 0 Å². The fourth-order valence-corrected chi connectivity index (χ4v) is 1.89. The smallest absolute Gasteiger partial charge is 0.351 e. The topological polar surface area (TPSA) is 134 Å². The molecule has 0 aromatic carbocycles. The van der Waals surface area contributed by atoms with Crippen LogP contribution in [0.25, 0.3) is 0 Å². The Morgan fingerprint density at radius 1 is 1.67 bits per heavy atom. The number of anilines is 1. The molecule has 8 nitrogen and oxygen atoms in total. The maximum Gasteiger partial charge on any atom is 0.351 e. The number of hydrogen-bond acceptors (Lipinski definition) is 7. The fraction of sp³-hybridized carbons (Fsp3) is 0.500. The molecule has 1 aromatic rings. The normalized spacial score (nSPS) is 31.2. The lowest BCUT2D eigenvalue weighted by atomic mass is 10.0. The molecule has 1 saturated heterocycles. The van der Waals surface area contributed by atoms with Crippen molar-refractivity contribution in [3.63, 3.8) is 0 Å². The van der Waals surface area contributed by atoms with Crippen LogP contribution >= 0.6 is 0 Å². The van der Waals surface area contributed by atoms with Crippen LogP contribution in [0.4, 0.5) is 5.82 Å². The first-order chi connectivity index (χ1) is 8.58. The van der Waals surface area contributed by atoms with Gasteiger partial charge in [0.15, 0.2) is 6.23 Å². The van der Waals surface area contributed by atoms with Crippen LogP contribution in [0, 0.1) is 17.2 Å². The van der Waals surface area contributed by atoms with Gasteiger partial charge in [0.1, 0.15) is 23.9 Å². The number of aliphatic hydroxyl groups is 2. The number of aliphatic hydroxyl groups excluding tert-OH is 2. The molecule has 4 atom stereocenters. The van der Waals surface area contributed by atoms with Crippen molar-refractivity contribution < 1.29 is 14.9 Å². The standard InChI is InChI=1S/C10H12N4O4/c11-3-5-8(16)6(4-15)18-9(5)14-2-1-7(12)13-10(14)17/h1-2,5-6,8-9,15-16H,4H2,(H2,12,13,17)/t5-,6-,8-,9+/m0/s1. The van der Waals surface area contributed by atoms with Gasteiger partial charge < -0.3 is 20.7 Å². The van der Waals surface area contributed by atoms with Crippen molar-refractivity contribution in [2.75, 3.05) is 12.3 Å². The Morgan fingerprint density at radius 3 is 2.94 bits per heavy atom. The molecular formula is C10H12N4O4. The van der Waals surface area contributed by atoms with Crippen LogP contribution in [0.1, 0.15) is 6.23 Å². The Labute approximate surface area is 102 Å². The van der Waals surface area contributed by atoms with Gasteiger partial charge in [0.05, 0.1) is 12.7 Å². The molecule has 96 valence electrons. The van der Waals surface area contributed by atoms with Crippen molar-refractivity contribution in [2.24, 2.45) is 5.92 Å². The van der Waals surface area contributed by atoms with Gasteiger partial charge in [-0.05, 0) is 6.07 Å². The van der Waals surface area contributed by atoms with Crippen LogP contribution in [0.15, 0.2) is 17.1 Å². The third-order valence-electron chi connectivity index (χ3n) is 2.82. The summed E-state index contributed by atoms with van der Waals surface area (Å²) in [4.78, 5) is 15.1. The Balaban J connectivity index is 2.39. The highest BCUT2D eigenvalue weighted by atomic mass is 16.5. The number of hydrogen-bond donors (Lipinski definition) is 3. The van der Waals surface area contributed by atoms with Crippen LogP contribution in [-0.2, 0) is 4.74 Å². The molecule has 0 saturated carbocycles. The van der Waals surface area contributed by atoms with E-state index in [0.717, 1.165) is 4.57 Å². The Bertz CT molecular complexity index is 537. The minimum Gasteiger partial charge on any atom is -0.394 e. The van der Waals surface area contributed by atoms with Crippen LogP contribution in [0.2, 0.25) is 0 Å². The highest BCUT2D eigenvalue weighted by Gasteiger charge is 2.45. The summed E-state index contributed by atoms with van der Waals surface area (Å²) >= 11 is 0. The van der Waals surface area contributed by atoms with E-state index in [1.165, 1.54) is 12.3 Å². The summed E-state index contributed by atoms with van der Waals surface area (Å²) in [5.41, 5.74) is 4.68. The van der Waals surface area contributed by atoms with Crippen LogP contribution in [-0.4, -0.2) is 38.6 Å². The van der Waals surface area contributed by atoms with Gasteiger partial charge in [-0.25, -0.2) is 4.79 Å². The maximum atomic E-state index is 11.6. The van der Waals surface area contributed by atoms with Crippen LogP contribution in [0.5, 0.6) is 0 Å². The molecule has 2 rings (SSSR count). The molecule has 0 spiro atoms. The van der Waals surface area contributed by atoms with Crippen LogP contribution in [0.3, 0.4) is 0 Å². The molecule has 0 radical (unpaired) electrons. The first-order valence-electron chi connectivity index (χ1n) is 5.27. The van der Waals surface area contributed by atoms with E-state index < -0.39 is 36.7 Å². The van der Waals surface area contributed by atoms with E-state index in [4.69, 9.17) is 20.8 Å². The van der Waals surface area contributed by atoms with Gasteiger partial charge in [0.25, 0.3) is 0 Å². The van der Waals surface area contributed by atoms with Gasteiger partial charge >= 0.3 is 5.69 Å². The molecule has 1 aliphatic heterocycles. The summed E-state index contributed by atoms with van der Waals surface area (Å²) in [5.74, 6) is -0.896. The second-order valence-electron chi connectivity index (χ2n) is 3.94. The lowest BCUT2D eigenvalue weighted by Gasteiger charge is -2.16. The molecule has 1 fully saturated rings. The van der Waals surface area contributed by atoms with Gasteiger partial charge in [-0.15, -0.1) is 0 Å². The van der Waals surface area contributed by atoms with E-state index in [2.05, 4.69) is 4.98 Å². The molecular weight excluding hydrogens is 240 g/mol. The van der Waals surface area contributed by atoms with E-state index in [9.17, 15) is 9.90 Å². The van der Waals surface area contributed by atoms with E-state index in [1.54, 1.807) is 0 Å². The molecule has 0 bridgehead atoms. The van der Waals surface area contributed by atoms with E-state index in [0.29, 0.717) is 0 Å². The summed E-state index contributed by atoms with van der Waals surface area (Å²) in [6, 6.07) is 3.25. The maximum absolute atomic E-state index is 11.6. The highest BCUT2D eigenvalue weighted by Crippen LogP contribution is 2.33. The summed E-state index contributed by atoms with van der Waals surface area (Å²) in [6.07, 6.45) is -1.70. The third-order valence-corrected chi connectivity index (χ3v) is 2.82. The van der Waals surface area contributed by atoms with E-state index >= 15 is 0 Å². The van der Waals surface area contributed by atoms with Gasteiger partial charge in [-0.1, -0.05) is 0 Å². The van der Waals surface area contributed by atoms with Crippen molar-refractivity contribution >= 4 is 5.82 Å². The molecule has 0 aliphatic carbocycles. The zero-order valence-corrected chi connectivity index (χ0v) is 9.30. The second-order valence-corrected chi connectivity index (χ2v) is 3.94. The molecule has 0 amide bonds. The average Bonchev–Trinajstić information content (AvgIpc) is 2.65. The number of nitriles is 1. The lowest BCUT2D eigenvalue weighted by molar-refractivity contribution is -0.0469. The molecule has 4 N–H and O–H groups in total. The monoisotopic (exact) mass is 252 g/mol. The number of nitrogens with two attached hydrogens (primary N) is 1. The van der Waals surface area contributed by atoms with Crippen molar-refractivity contribution in [1.82, 2.24) is 9.55 Å². The lowest BCUT2D eigenvalue weighted by Crippen LogP contribution is -2.31. The van der Waals surface area contributed by atoms with Crippen LogP contribution < -0.4 is 11.4 Å². The first kappa shape index (κ1) is 12.5. The first-order valence-corrected chi connectivity index (χ1v) is 5.27. The fourth-order valence-electron chi connectivity index (χ4n) is 1.89. The van der Waals surface area contributed by atoms with E-state index in [1.807, 2.05) is 6.07 Å². The van der Waals surface area contributed by atoms with Crippen molar-refractivity contribution in [1.29, 1.82) is 5.26 Å². The predicted molar refractivity (Wildman–Crippen MR) is 59.0 cm³/mol. The minimum atomic E-state index is -1.16. The zero-order valence-electron chi connectivity index (χ0n) is 9.30. The largest absolute Gasteiger partial charge is 0.394 e. The van der Waals surface area contributed by atoms with Crippen molar-refractivity contribution in [2.45, 2.75) is 18.4 Å². The summed E-state index contributed by atoms with van der Waals surface area (Å²) in [6.45, 7) is -0.438. The summed E-state index contributed by atoms with van der Waals surface area (Å²) in [5, 5.41) is 27.8. The number of aromatic nitrogens is 2. The zero-order chi connectivity index (χ0) is 13.3. The van der Waals surface area contributed by atoms with Crippen molar-refractivity contribution in [3.05, 3.63) is 22.7 Å². The van der Waals surface area contributed by atoms with Crippen molar-refractivity contribution in [3.8, 4) is 6.07 Å². The number of nitrogen functional groups attached to an aromatic ring is 1. The number of ether oxygens (including phenoxy) is 1. The minimum absolute atomic E-state index is 0.0574. The Morgan fingerprint density at radius 2 is 2.39 bits per heavy atom. The molecule has 2 heterocycles. The van der Waals surface area contributed by atoms with E-state index in [-0.39, 0.29) is 5.82 Å². The molecule has 1 aromatic heterocycles. The predicted octanol–water partition coefficient (Wildman–Crippen LogP) is -1.78. The second kappa shape index (κ2) is 4.73. The third kappa shape index (κ3) is 1.95. The highest BCUT2D eigenvalue weighted by molar-refractivity contribution is 5.23. The molecule has 8 heteroatoms. The van der Waals surface area contributed by atoms with Gasteiger partial charge in [-0.2, -0.15) is 10.2 Å². The summed E-state index contributed by atoms with van der Waals surface area (Å²) < 4.78 is 6.37. The van der Waals surface area contributed by atoms with Gasteiger partial charge in [0, 0.05) is 6.20 Å². The Kier molecular flexibility index (Phi) is 3.29. The van der Waals surface area contributed by atoms with Gasteiger partial charge in [-0.3, -0.25) is 4.57 Å². The molecule has 0 unspecified atom stereocenters. The molecule has 18 heavy (non-hydrogen) atoms. The average molecular weight is 252 g/mol.